The number of para-hydroxylation sites is 1. The minimum atomic E-state index is -0.0732. The van der Waals surface area contributed by atoms with Gasteiger partial charge in [0.25, 0.3) is 5.91 Å². The van der Waals surface area contributed by atoms with Gasteiger partial charge in [0.05, 0.1) is 6.54 Å². The van der Waals surface area contributed by atoms with Gasteiger partial charge in [-0.15, -0.1) is 24.0 Å². The molecule has 0 aliphatic carbocycles. The molecule has 2 rings (SSSR count). The van der Waals surface area contributed by atoms with E-state index in [2.05, 4.69) is 20.9 Å². The Balaban J connectivity index is 0.00000392. The van der Waals surface area contributed by atoms with Gasteiger partial charge in [-0.2, -0.15) is 0 Å². The van der Waals surface area contributed by atoms with Gasteiger partial charge in [0.1, 0.15) is 12.4 Å². The lowest BCUT2D eigenvalue weighted by Crippen LogP contribution is -2.40. The maximum Gasteiger partial charge on any atom is 0.251 e. The van der Waals surface area contributed by atoms with Crippen molar-refractivity contribution < 1.29 is 9.53 Å². The summed E-state index contributed by atoms with van der Waals surface area (Å²) >= 11 is 0. The summed E-state index contributed by atoms with van der Waals surface area (Å²) in [5, 5.41) is 9.15. The van der Waals surface area contributed by atoms with E-state index >= 15 is 0 Å². The predicted octanol–water partition coefficient (Wildman–Crippen LogP) is 2.76. The summed E-state index contributed by atoms with van der Waals surface area (Å²) in [6.07, 6.45) is 0.797. The number of guanidine groups is 1. The van der Waals surface area contributed by atoms with Gasteiger partial charge >= 0.3 is 0 Å². The number of carbonyl (C=O) groups excluding carboxylic acids is 1. The number of hydrogen-bond donors (Lipinski definition) is 3. The highest BCUT2D eigenvalue weighted by Gasteiger charge is 2.04. The van der Waals surface area contributed by atoms with Crippen LogP contribution in [0.15, 0.2) is 53.5 Å². The van der Waals surface area contributed by atoms with Crippen molar-refractivity contribution in [2.45, 2.75) is 13.3 Å². The Morgan fingerprint density at radius 1 is 1.07 bits per heavy atom. The number of aryl methyl sites for hydroxylation is 1. The molecule has 0 heterocycles. The zero-order valence-corrected chi connectivity index (χ0v) is 18.9. The van der Waals surface area contributed by atoms with E-state index in [4.69, 9.17) is 4.74 Å². The number of nitrogens with zero attached hydrogens (tertiary/aromatic N) is 1. The standard InChI is InChI=1S/C21H28N4O2.HI/c1-16-7-4-5-10-19(16)27-14-13-25-21(23-3)24-12-11-17-8-6-9-18(15-17)20(26)22-2;/h4-10,15H,11-14H2,1-3H3,(H,22,26)(H2,23,24,25);1H. The molecule has 0 aliphatic heterocycles. The zero-order valence-electron chi connectivity index (χ0n) is 16.6. The fraction of sp³-hybridized carbons (Fsp3) is 0.333. The second-order valence-electron chi connectivity index (χ2n) is 6.07. The van der Waals surface area contributed by atoms with E-state index in [1.54, 1.807) is 14.1 Å². The quantitative estimate of drug-likeness (QED) is 0.228. The lowest BCUT2D eigenvalue weighted by atomic mass is 10.1. The number of carbonyl (C=O) groups is 1. The predicted molar refractivity (Wildman–Crippen MR) is 125 cm³/mol. The summed E-state index contributed by atoms with van der Waals surface area (Å²) in [6.45, 7) is 3.96. The topological polar surface area (TPSA) is 74.8 Å². The third-order valence-electron chi connectivity index (χ3n) is 4.09. The Morgan fingerprint density at radius 3 is 2.54 bits per heavy atom. The first kappa shape index (κ1) is 23.7. The van der Waals surface area contributed by atoms with Gasteiger partial charge in [-0.1, -0.05) is 30.3 Å². The lowest BCUT2D eigenvalue weighted by Gasteiger charge is -2.13. The first-order valence-corrected chi connectivity index (χ1v) is 9.08. The van der Waals surface area contributed by atoms with Crippen LogP contribution in [-0.4, -0.2) is 45.7 Å². The molecule has 28 heavy (non-hydrogen) atoms. The Hall–Kier alpha value is -2.29. The second kappa shape index (κ2) is 13.0. The van der Waals surface area contributed by atoms with Crippen LogP contribution in [0.1, 0.15) is 21.5 Å². The van der Waals surface area contributed by atoms with Gasteiger partial charge in [0, 0.05) is 26.2 Å². The third-order valence-corrected chi connectivity index (χ3v) is 4.09. The smallest absolute Gasteiger partial charge is 0.251 e. The van der Waals surface area contributed by atoms with Crippen LogP contribution in [0.25, 0.3) is 0 Å². The van der Waals surface area contributed by atoms with Gasteiger partial charge in [-0.05, 0) is 42.7 Å². The molecule has 2 aromatic rings. The van der Waals surface area contributed by atoms with E-state index in [9.17, 15) is 4.79 Å². The normalized spacial score (nSPS) is 10.6. The van der Waals surface area contributed by atoms with Gasteiger partial charge in [-0.3, -0.25) is 9.79 Å². The number of benzene rings is 2. The van der Waals surface area contributed by atoms with Gasteiger partial charge in [0.2, 0.25) is 0 Å². The molecule has 0 unspecified atom stereocenters. The molecule has 6 nitrogen and oxygen atoms in total. The summed E-state index contributed by atoms with van der Waals surface area (Å²) in [5.74, 6) is 1.56. The number of hydrogen-bond acceptors (Lipinski definition) is 3. The first-order chi connectivity index (χ1) is 13.1. The van der Waals surface area contributed by atoms with Crippen molar-refractivity contribution in [3.8, 4) is 5.75 Å². The number of amides is 1. The molecule has 2 aromatic carbocycles. The second-order valence-corrected chi connectivity index (χ2v) is 6.07. The molecule has 0 spiro atoms. The maximum atomic E-state index is 11.7. The molecule has 7 heteroatoms. The summed E-state index contributed by atoms with van der Waals surface area (Å²) in [4.78, 5) is 15.9. The highest BCUT2D eigenvalue weighted by Crippen LogP contribution is 2.15. The van der Waals surface area contributed by atoms with E-state index < -0.39 is 0 Å². The molecule has 0 atom stereocenters. The minimum Gasteiger partial charge on any atom is -0.491 e. The molecule has 1 amide bonds. The molecule has 152 valence electrons. The van der Waals surface area contributed by atoms with Crippen LogP contribution < -0.4 is 20.7 Å². The SMILES string of the molecule is CN=C(NCCOc1ccccc1C)NCCc1cccc(C(=O)NC)c1.I. The van der Waals surface area contributed by atoms with Crippen LogP contribution in [0.3, 0.4) is 0 Å². The van der Waals surface area contributed by atoms with Crippen molar-refractivity contribution in [1.82, 2.24) is 16.0 Å². The Bertz CT molecular complexity index is 781. The van der Waals surface area contributed by atoms with Crippen molar-refractivity contribution in [3.05, 3.63) is 65.2 Å². The number of nitrogens with one attached hydrogen (secondary N) is 3. The molecule has 0 fully saturated rings. The highest BCUT2D eigenvalue weighted by atomic mass is 127. The van der Waals surface area contributed by atoms with Crippen LogP contribution in [0, 0.1) is 6.92 Å². The summed E-state index contributed by atoms with van der Waals surface area (Å²) in [6, 6.07) is 15.6. The van der Waals surface area contributed by atoms with Crippen molar-refractivity contribution in [3.63, 3.8) is 0 Å². The third kappa shape index (κ3) is 7.75. The van der Waals surface area contributed by atoms with Crippen LogP contribution in [0.2, 0.25) is 0 Å². The van der Waals surface area contributed by atoms with Crippen molar-refractivity contribution in [2.24, 2.45) is 4.99 Å². The van der Waals surface area contributed by atoms with E-state index in [0.717, 1.165) is 35.8 Å². The lowest BCUT2D eigenvalue weighted by molar-refractivity contribution is 0.0963. The molecule has 0 radical (unpaired) electrons. The summed E-state index contributed by atoms with van der Waals surface area (Å²) < 4.78 is 5.77. The molecule has 3 N–H and O–H groups in total. The molecule has 0 aliphatic rings. The minimum absolute atomic E-state index is 0. The van der Waals surface area contributed by atoms with Gasteiger partial charge in [-0.25, -0.2) is 0 Å². The Morgan fingerprint density at radius 2 is 1.82 bits per heavy atom. The summed E-state index contributed by atoms with van der Waals surface area (Å²) in [5.41, 5.74) is 2.90. The average molecular weight is 496 g/mol. The van der Waals surface area contributed by atoms with Crippen molar-refractivity contribution >= 4 is 35.8 Å². The molecule has 0 bridgehead atoms. The molecular weight excluding hydrogens is 467 g/mol. The Kier molecular flexibility index (Phi) is 11.0. The van der Waals surface area contributed by atoms with E-state index in [0.29, 0.717) is 18.7 Å². The molecule has 0 saturated heterocycles. The monoisotopic (exact) mass is 496 g/mol. The van der Waals surface area contributed by atoms with E-state index in [-0.39, 0.29) is 29.9 Å². The highest BCUT2D eigenvalue weighted by molar-refractivity contribution is 14.0. The van der Waals surface area contributed by atoms with E-state index in [1.807, 2.05) is 55.5 Å². The average Bonchev–Trinajstić information content (AvgIpc) is 2.70. The van der Waals surface area contributed by atoms with Gasteiger partial charge in [0.15, 0.2) is 5.96 Å². The largest absolute Gasteiger partial charge is 0.491 e. The zero-order chi connectivity index (χ0) is 19.5. The number of halogens is 1. The van der Waals surface area contributed by atoms with E-state index in [1.165, 1.54) is 0 Å². The Labute approximate surface area is 184 Å². The first-order valence-electron chi connectivity index (χ1n) is 9.08. The number of ether oxygens (including phenoxy) is 1. The van der Waals surface area contributed by atoms with Gasteiger partial charge < -0.3 is 20.7 Å². The fourth-order valence-electron chi connectivity index (χ4n) is 2.61. The van der Waals surface area contributed by atoms with Crippen LogP contribution in [0.5, 0.6) is 5.75 Å². The molecule has 0 saturated carbocycles. The molecule has 0 aromatic heterocycles. The van der Waals surface area contributed by atoms with Crippen molar-refractivity contribution in [1.29, 1.82) is 0 Å². The summed E-state index contributed by atoms with van der Waals surface area (Å²) in [7, 11) is 3.37. The van der Waals surface area contributed by atoms with Crippen LogP contribution >= 0.6 is 24.0 Å². The fourth-order valence-corrected chi connectivity index (χ4v) is 2.61. The molecular formula is C21H29IN4O2. The van der Waals surface area contributed by atoms with Crippen molar-refractivity contribution in [2.75, 3.05) is 33.8 Å². The number of rotatable bonds is 8. The van der Waals surface area contributed by atoms with Crippen LogP contribution in [-0.2, 0) is 6.42 Å². The maximum absolute atomic E-state index is 11.7. The number of aliphatic imine (C=N–C) groups is 1. The van der Waals surface area contributed by atoms with Crippen LogP contribution in [0.4, 0.5) is 0 Å².